The second-order valence-corrected chi connectivity index (χ2v) is 4.97. The van der Waals surface area contributed by atoms with Crippen LogP contribution < -0.4 is 0 Å². The molecule has 0 radical (unpaired) electrons. The Morgan fingerprint density at radius 3 is 3.00 bits per heavy atom. The molecule has 90 valence electrons. The number of halogens is 1. The van der Waals surface area contributed by atoms with Crippen molar-refractivity contribution in [1.82, 2.24) is 9.55 Å². The summed E-state index contributed by atoms with van der Waals surface area (Å²) in [6.07, 6.45) is 7.95. The van der Waals surface area contributed by atoms with E-state index in [0.717, 1.165) is 28.6 Å². The lowest BCUT2D eigenvalue weighted by Gasteiger charge is -2.05. The molecule has 4 heteroatoms. The van der Waals surface area contributed by atoms with Crippen molar-refractivity contribution >= 4 is 15.9 Å². The molecule has 17 heavy (non-hydrogen) atoms. The number of aromatic nitrogens is 2. The summed E-state index contributed by atoms with van der Waals surface area (Å²) in [5.74, 6) is 0. The quantitative estimate of drug-likeness (QED) is 0.941. The van der Waals surface area contributed by atoms with Crippen molar-refractivity contribution < 1.29 is 5.11 Å². The number of hydrogen-bond donors (Lipinski definition) is 1. The minimum Gasteiger partial charge on any atom is -0.388 e. The Balaban J connectivity index is 2.11. The zero-order valence-corrected chi connectivity index (χ0v) is 11.3. The SMILES string of the molecule is CCC(O)c1ccn(Cc2cncc(Br)c2)c1. The van der Waals surface area contributed by atoms with E-state index in [1.807, 2.05) is 37.6 Å². The predicted octanol–water partition coefficient (Wildman–Crippen LogP) is 3.14. The lowest BCUT2D eigenvalue weighted by Crippen LogP contribution is -1.98. The smallest absolute Gasteiger partial charge is 0.0802 e. The molecular weight excluding hydrogens is 280 g/mol. The van der Waals surface area contributed by atoms with Gasteiger partial charge in [0, 0.05) is 35.8 Å². The van der Waals surface area contributed by atoms with Crippen molar-refractivity contribution in [1.29, 1.82) is 0 Å². The fraction of sp³-hybridized carbons (Fsp3) is 0.308. The highest BCUT2D eigenvalue weighted by Crippen LogP contribution is 2.17. The molecule has 0 aliphatic heterocycles. The summed E-state index contributed by atoms with van der Waals surface area (Å²) in [4.78, 5) is 4.13. The summed E-state index contributed by atoms with van der Waals surface area (Å²) in [6, 6.07) is 4.00. The van der Waals surface area contributed by atoms with Gasteiger partial charge in [-0.3, -0.25) is 4.98 Å². The van der Waals surface area contributed by atoms with E-state index in [0.29, 0.717) is 0 Å². The summed E-state index contributed by atoms with van der Waals surface area (Å²) in [5, 5.41) is 9.72. The molecule has 0 fully saturated rings. The van der Waals surface area contributed by atoms with Gasteiger partial charge in [0.05, 0.1) is 6.10 Å². The molecule has 1 N–H and O–H groups in total. The Hall–Kier alpha value is -1.13. The van der Waals surface area contributed by atoms with Crippen LogP contribution in [0.1, 0.15) is 30.6 Å². The van der Waals surface area contributed by atoms with Gasteiger partial charge in [-0.25, -0.2) is 0 Å². The molecule has 2 aromatic heterocycles. The summed E-state index contributed by atoms with van der Waals surface area (Å²) in [6.45, 7) is 2.74. The van der Waals surface area contributed by atoms with Crippen LogP contribution in [0.25, 0.3) is 0 Å². The molecule has 0 aliphatic carbocycles. The van der Waals surface area contributed by atoms with E-state index in [4.69, 9.17) is 0 Å². The van der Waals surface area contributed by atoms with Gasteiger partial charge in [-0.2, -0.15) is 0 Å². The first-order valence-corrected chi connectivity index (χ1v) is 6.41. The van der Waals surface area contributed by atoms with Crippen molar-refractivity contribution in [3.8, 4) is 0 Å². The standard InChI is InChI=1S/C13H15BrN2O/c1-2-13(17)11-3-4-16(9-11)8-10-5-12(14)7-15-6-10/h3-7,9,13,17H,2,8H2,1H3. The first-order valence-electron chi connectivity index (χ1n) is 5.62. The zero-order valence-electron chi connectivity index (χ0n) is 9.68. The monoisotopic (exact) mass is 294 g/mol. The first kappa shape index (κ1) is 12.3. The Morgan fingerprint density at radius 2 is 2.29 bits per heavy atom. The van der Waals surface area contributed by atoms with E-state index >= 15 is 0 Å². The predicted molar refractivity (Wildman–Crippen MR) is 70.7 cm³/mol. The van der Waals surface area contributed by atoms with Crippen molar-refractivity contribution in [3.05, 3.63) is 52.5 Å². The van der Waals surface area contributed by atoms with E-state index in [9.17, 15) is 5.11 Å². The highest BCUT2D eigenvalue weighted by atomic mass is 79.9. The number of aliphatic hydroxyl groups excluding tert-OH is 1. The van der Waals surface area contributed by atoms with Crippen molar-refractivity contribution in [2.24, 2.45) is 0 Å². The van der Waals surface area contributed by atoms with Crippen LogP contribution in [0.4, 0.5) is 0 Å². The van der Waals surface area contributed by atoms with E-state index in [-0.39, 0.29) is 6.10 Å². The van der Waals surface area contributed by atoms with Crippen LogP contribution in [0.5, 0.6) is 0 Å². The van der Waals surface area contributed by atoms with Crippen LogP contribution >= 0.6 is 15.9 Å². The molecular formula is C13H15BrN2O. The molecule has 3 nitrogen and oxygen atoms in total. The van der Waals surface area contributed by atoms with Crippen molar-refractivity contribution in [2.45, 2.75) is 26.0 Å². The first-order chi connectivity index (χ1) is 8.19. The van der Waals surface area contributed by atoms with Gasteiger partial charge in [0.25, 0.3) is 0 Å². The van der Waals surface area contributed by atoms with Crippen LogP contribution in [0.2, 0.25) is 0 Å². The third-order valence-corrected chi connectivity index (χ3v) is 3.11. The van der Waals surface area contributed by atoms with Gasteiger partial charge in [-0.1, -0.05) is 6.92 Å². The minimum absolute atomic E-state index is 0.364. The summed E-state index contributed by atoms with van der Waals surface area (Å²) < 4.78 is 3.04. The van der Waals surface area contributed by atoms with Crippen LogP contribution in [0.15, 0.2) is 41.4 Å². The number of pyridine rings is 1. The third-order valence-electron chi connectivity index (χ3n) is 2.67. The molecule has 0 saturated carbocycles. The molecule has 0 bridgehead atoms. The molecule has 0 amide bonds. The van der Waals surface area contributed by atoms with Gasteiger partial charge in [0.15, 0.2) is 0 Å². The summed E-state index contributed by atoms with van der Waals surface area (Å²) >= 11 is 3.40. The van der Waals surface area contributed by atoms with Crippen LogP contribution in [-0.4, -0.2) is 14.7 Å². The number of hydrogen-bond acceptors (Lipinski definition) is 2. The second-order valence-electron chi connectivity index (χ2n) is 4.05. The second kappa shape index (κ2) is 5.47. The van der Waals surface area contributed by atoms with Crippen LogP contribution in [0.3, 0.4) is 0 Å². The topological polar surface area (TPSA) is 38.0 Å². The molecule has 0 aliphatic rings. The molecule has 1 atom stereocenters. The van der Waals surface area contributed by atoms with Crippen LogP contribution in [-0.2, 0) is 6.54 Å². The number of aliphatic hydroxyl groups is 1. The molecule has 2 rings (SSSR count). The highest BCUT2D eigenvalue weighted by molar-refractivity contribution is 9.10. The Kier molecular flexibility index (Phi) is 3.97. The Labute approximate surface area is 109 Å². The summed E-state index contributed by atoms with van der Waals surface area (Å²) in [7, 11) is 0. The van der Waals surface area contributed by atoms with E-state index < -0.39 is 0 Å². The maximum absolute atomic E-state index is 9.72. The lowest BCUT2D eigenvalue weighted by molar-refractivity contribution is 0.173. The minimum atomic E-state index is -0.364. The number of nitrogens with zero attached hydrogens (tertiary/aromatic N) is 2. The van der Waals surface area contributed by atoms with Crippen LogP contribution in [0, 0.1) is 0 Å². The molecule has 1 unspecified atom stereocenters. The summed E-state index contributed by atoms with van der Waals surface area (Å²) in [5.41, 5.74) is 2.10. The normalized spacial score (nSPS) is 12.6. The van der Waals surface area contributed by atoms with E-state index in [1.165, 1.54) is 0 Å². The van der Waals surface area contributed by atoms with Gasteiger partial charge in [0.2, 0.25) is 0 Å². The largest absolute Gasteiger partial charge is 0.388 e. The highest BCUT2D eigenvalue weighted by Gasteiger charge is 2.06. The Morgan fingerprint density at radius 1 is 1.47 bits per heavy atom. The Bertz CT molecular complexity index is 496. The van der Waals surface area contributed by atoms with Gasteiger partial charge < -0.3 is 9.67 Å². The molecule has 0 spiro atoms. The molecule has 0 saturated heterocycles. The van der Waals surface area contributed by atoms with Gasteiger partial charge in [0.1, 0.15) is 0 Å². The fourth-order valence-electron chi connectivity index (χ4n) is 1.74. The maximum atomic E-state index is 9.72. The maximum Gasteiger partial charge on any atom is 0.0802 e. The molecule has 0 aromatic carbocycles. The van der Waals surface area contributed by atoms with Crippen molar-refractivity contribution in [2.75, 3.05) is 0 Å². The van der Waals surface area contributed by atoms with Gasteiger partial charge in [-0.15, -0.1) is 0 Å². The lowest BCUT2D eigenvalue weighted by atomic mass is 10.1. The average molecular weight is 295 g/mol. The third kappa shape index (κ3) is 3.17. The molecule has 2 heterocycles. The van der Waals surface area contributed by atoms with Gasteiger partial charge in [-0.05, 0) is 45.6 Å². The van der Waals surface area contributed by atoms with Gasteiger partial charge >= 0.3 is 0 Å². The number of rotatable bonds is 4. The van der Waals surface area contributed by atoms with E-state index in [1.54, 1.807) is 6.20 Å². The zero-order chi connectivity index (χ0) is 12.3. The fourth-order valence-corrected chi connectivity index (χ4v) is 2.16. The average Bonchev–Trinajstić information content (AvgIpc) is 2.76. The van der Waals surface area contributed by atoms with Crippen molar-refractivity contribution in [3.63, 3.8) is 0 Å². The van der Waals surface area contributed by atoms with E-state index in [2.05, 4.69) is 25.5 Å². The molecule has 2 aromatic rings.